The zero-order valence-electron chi connectivity index (χ0n) is 10.5. The van der Waals surface area contributed by atoms with Gasteiger partial charge in [0.25, 0.3) is 0 Å². The molecule has 0 spiro atoms. The summed E-state index contributed by atoms with van der Waals surface area (Å²) in [6, 6.07) is 17.5. The van der Waals surface area contributed by atoms with E-state index in [0.29, 0.717) is 18.1 Å². The van der Waals surface area contributed by atoms with E-state index >= 15 is 0 Å². The van der Waals surface area contributed by atoms with Gasteiger partial charge in [-0.1, -0.05) is 42.5 Å². The standard InChI is InChI=1S/C16H15NO2/c18-15-9-5-4-8-14(15)16-17-13(11-19-16)10-12-6-2-1-3-7-12/h1-9,13,18H,10-11H2. The maximum Gasteiger partial charge on any atom is 0.220 e. The van der Waals surface area contributed by atoms with Crippen LogP contribution in [0.15, 0.2) is 59.6 Å². The van der Waals surface area contributed by atoms with Crippen molar-refractivity contribution in [1.29, 1.82) is 0 Å². The lowest BCUT2D eigenvalue weighted by Gasteiger charge is -2.04. The quantitative estimate of drug-likeness (QED) is 0.913. The Labute approximate surface area is 112 Å². The lowest BCUT2D eigenvalue weighted by Crippen LogP contribution is -2.09. The fourth-order valence-corrected chi connectivity index (χ4v) is 2.21. The maximum atomic E-state index is 9.79. The molecule has 0 amide bonds. The Kier molecular flexibility index (Phi) is 3.19. The summed E-state index contributed by atoms with van der Waals surface area (Å²) in [5, 5.41) is 9.79. The van der Waals surface area contributed by atoms with E-state index in [4.69, 9.17) is 4.74 Å². The summed E-state index contributed by atoms with van der Waals surface area (Å²) in [5.74, 6) is 0.751. The van der Waals surface area contributed by atoms with Crippen molar-refractivity contribution in [3.8, 4) is 5.75 Å². The number of rotatable bonds is 3. The molecule has 0 bridgehead atoms. The number of nitrogens with zero attached hydrogens (tertiary/aromatic N) is 1. The normalized spacial score (nSPS) is 17.9. The summed E-state index contributed by atoms with van der Waals surface area (Å²) in [7, 11) is 0. The molecule has 0 aromatic heterocycles. The minimum atomic E-state index is 0.122. The number of aromatic hydroxyl groups is 1. The van der Waals surface area contributed by atoms with Gasteiger partial charge in [-0.2, -0.15) is 0 Å². The van der Waals surface area contributed by atoms with Gasteiger partial charge in [-0.15, -0.1) is 0 Å². The highest BCUT2D eigenvalue weighted by atomic mass is 16.5. The molecule has 0 radical (unpaired) electrons. The number of hydrogen-bond donors (Lipinski definition) is 1. The summed E-state index contributed by atoms with van der Waals surface area (Å²) >= 11 is 0. The van der Waals surface area contributed by atoms with E-state index in [1.54, 1.807) is 12.1 Å². The van der Waals surface area contributed by atoms with E-state index in [0.717, 1.165) is 6.42 Å². The molecule has 2 aromatic rings. The minimum absolute atomic E-state index is 0.122. The first-order valence-electron chi connectivity index (χ1n) is 6.36. The van der Waals surface area contributed by atoms with Crippen LogP contribution in [0.5, 0.6) is 5.75 Å². The average Bonchev–Trinajstić information content (AvgIpc) is 2.89. The third kappa shape index (κ3) is 2.60. The second-order valence-corrected chi connectivity index (χ2v) is 4.61. The van der Waals surface area contributed by atoms with E-state index in [2.05, 4.69) is 17.1 Å². The molecular weight excluding hydrogens is 238 g/mol. The van der Waals surface area contributed by atoms with Crippen LogP contribution in [0.1, 0.15) is 11.1 Å². The summed E-state index contributed by atoms with van der Waals surface area (Å²) in [6.45, 7) is 0.568. The van der Waals surface area contributed by atoms with Crippen LogP contribution in [0.25, 0.3) is 0 Å². The second-order valence-electron chi connectivity index (χ2n) is 4.61. The van der Waals surface area contributed by atoms with Crippen LogP contribution in [-0.2, 0) is 11.2 Å². The molecule has 0 saturated carbocycles. The van der Waals surface area contributed by atoms with Crippen molar-refractivity contribution in [1.82, 2.24) is 0 Å². The Hall–Kier alpha value is -2.29. The van der Waals surface area contributed by atoms with Crippen molar-refractivity contribution in [3.05, 3.63) is 65.7 Å². The Morgan fingerprint density at radius 3 is 2.58 bits per heavy atom. The number of aliphatic imine (C=N–C) groups is 1. The summed E-state index contributed by atoms with van der Waals surface area (Å²) in [4.78, 5) is 4.55. The highest BCUT2D eigenvalue weighted by Gasteiger charge is 2.21. The summed E-state index contributed by atoms with van der Waals surface area (Å²) < 4.78 is 5.59. The SMILES string of the molecule is Oc1ccccc1C1=NC(Cc2ccccc2)CO1. The molecule has 1 N–H and O–H groups in total. The minimum Gasteiger partial charge on any atom is -0.507 e. The third-order valence-electron chi connectivity index (χ3n) is 3.16. The topological polar surface area (TPSA) is 41.8 Å². The molecule has 1 atom stereocenters. The van der Waals surface area contributed by atoms with Crippen molar-refractivity contribution in [3.63, 3.8) is 0 Å². The van der Waals surface area contributed by atoms with E-state index in [-0.39, 0.29) is 11.8 Å². The molecule has 3 rings (SSSR count). The fraction of sp³-hybridized carbons (Fsp3) is 0.188. The van der Waals surface area contributed by atoms with Gasteiger partial charge in [0.05, 0.1) is 11.6 Å². The number of para-hydroxylation sites is 1. The van der Waals surface area contributed by atoms with Crippen LogP contribution in [0.3, 0.4) is 0 Å². The predicted octanol–water partition coefficient (Wildman–Crippen LogP) is 2.78. The zero-order chi connectivity index (χ0) is 13.1. The van der Waals surface area contributed by atoms with E-state index in [1.165, 1.54) is 5.56 Å². The molecule has 3 nitrogen and oxygen atoms in total. The van der Waals surface area contributed by atoms with Crippen LogP contribution < -0.4 is 0 Å². The van der Waals surface area contributed by atoms with Gasteiger partial charge in [0.2, 0.25) is 5.90 Å². The van der Waals surface area contributed by atoms with Gasteiger partial charge >= 0.3 is 0 Å². The number of ether oxygens (including phenoxy) is 1. The Bertz CT molecular complexity index is 593. The Balaban J connectivity index is 1.77. The molecule has 1 heterocycles. The fourth-order valence-electron chi connectivity index (χ4n) is 2.21. The summed E-state index contributed by atoms with van der Waals surface area (Å²) in [6.07, 6.45) is 0.859. The number of benzene rings is 2. The molecule has 19 heavy (non-hydrogen) atoms. The third-order valence-corrected chi connectivity index (χ3v) is 3.16. The first kappa shape index (κ1) is 11.8. The number of phenols is 1. The number of hydrogen-bond acceptors (Lipinski definition) is 3. The molecule has 0 aliphatic carbocycles. The zero-order valence-corrected chi connectivity index (χ0v) is 10.5. The first-order valence-corrected chi connectivity index (χ1v) is 6.36. The maximum absolute atomic E-state index is 9.79. The highest BCUT2D eigenvalue weighted by molar-refractivity contribution is 5.97. The number of phenolic OH excluding ortho intramolecular Hbond substituents is 1. The van der Waals surface area contributed by atoms with Gasteiger partial charge in [-0.05, 0) is 24.1 Å². The largest absolute Gasteiger partial charge is 0.507 e. The van der Waals surface area contributed by atoms with Gasteiger partial charge in [0.15, 0.2) is 0 Å². The molecule has 0 saturated heterocycles. The van der Waals surface area contributed by atoms with Crippen molar-refractivity contribution >= 4 is 5.90 Å². The van der Waals surface area contributed by atoms with Crippen LogP contribution in [0.4, 0.5) is 0 Å². The highest BCUT2D eigenvalue weighted by Crippen LogP contribution is 2.22. The molecular formula is C16H15NO2. The van der Waals surface area contributed by atoms with Crippen molar-refractivity contribution in [2.45, 2.75) is 12.5 Å². The van der Waals surface area contributed by atoms with E-state index in [9.17, 15) is 5.11 Å². The van der Waals surface area contributed by atoms with Crippen LogP contribution in [0, 0.1) is 0 Å². The lowest BCUT2D eigenvalue weighted by molar-refractivity contribution is 0.316. The average molecular weight is 253 g/mol. The van der Waals surface area contributed by atoms with E-state index in [1.807, 2.05) is 30.3 Å². The molecule has 2 aromatic carbocycles. The Morgan fingerprint density at radius 2 is 1.79 bits per heavy atom. The van der Waals surface area contributed by atoms with Crippen LogP contribution >= 0.6 is 0 Å². The van der Waals surface area contributed by atoms with Gasteiger partial charge in [0, 0.05) is 0 Å². The van der Waals surface area contributed by atoms with Crippen molar-refractivity contribution < 1.29 is 9.84 Å². The van der Waals surface area contributed by atoms with Crippen molar-refractivity contribution in [2.75, 3.05) is 6.61 Å². The molecule has 1 aliphatic rings. The molecule has 1 aliphatic heterocycles. The second kappa shape index (κ2) is 5.14. The monoisotopic (exact) mass is 253 g/mol. The van der Waals surface area contributed by atoms with Gasteiger partial charge < -0.3 is 9.84 Å². The van der Waals surface area contributed by atoms with Gasteiger partial charge in [-0.25, -0.2) is 4.99 Å². The van der Waals surface area contributed by atoms with Crippen LogP contribution in [-0.4, -0.2) is 23.7 Å². The molecule has 0 fully saturated rings. The smallest absolute Gasteiger partial charge is 0.220 e. The van der Waals surface area contributed by atoms with Crippen LogP contribution in [0.2, 0.25) is 0 Å². The van der Waals surface area contributed by atoms with Gasteiger partial charge in [-0.3, -0.25) is 0 Å². The molecule has 3 heteroatoms. The first-order chi connectivity index (χ1) is 9.33. The molecule has 96 valence electrons. The van der Waals surface area contributed by atoms with Gasteiger partial charge in [0.1, 0.15) is 12.4 Å². The lowest BCUT2D eigenvalue weighted by atomic mass is 10.1. The summed E-state index contributed by atoms with van der Waals surface area (Å²) in [5.41, 5.74) is 1.91. The Morgan fingerprint density at radius 1 is 1.05 bits per heavy atom. The predicted molar refractivity (Wildman–Crippen MR) is 74.5 cm³/mol. The molecule has 1 unspecified atom stereocenters. The van der Waals surface area contributed by atoms with E-state index < -0.39 is 0 Å². The van der Waals surface area contributed by atoms with Crippen molar-refractivity contribution in [2.24, 2.45) is 4.99 Å².